The van der Waals surface area contributed by atoms with Gasteiger partial charge in [0.1, 0.15) is 0 Å². The third-order valence-corrected chi connectivity index (χ3v) is 2.28. The average Bonchev–Trinajstić information content (AvgIpc) is 2.56. The molecule has 1 atom stereocenters. The van der Waals surface area contributed by atoms with Gasteiger partial charge in [-0.25, -0.2) is 9.78 Å². The van der Waals surface area contributed by atoms with Crippen LogP contribution in [0.2, 0.25) is 0 Å². The summed E-state index contributed by atoms with van der Waals surface area (Å²) in [4.78, 5) is 25.8. The fourth-order valence-electron chi connectivity index (χ4n) is 1.58. The maximum atomic E-state index is 11.2. The second-order valence-electron chi connectivity index (χ2n) is 3.36. The molecule has 0 spiro atoms. The lowest BCUT2D eigenvalue weighted by Crippen LogP contribution is -2.34. The summed E-state index contributed by atoms with van der Waals surface area (Å²) >= 11 is 0. The number of hydrogen-bond donors (Lipinski definition) is 1. The van der Waals surface area contributed by atoms with Crippen molar-refractivity contribution in [2.24, 2.45) is 0 Å². The Morgan fingerprint density at radius 2 is 2.43 bits per heavy atom. The van der Waals surface area contributed by atoms with Crippen LogP contribution in [0, 0.1) is 0 Å². The highest BCUT2D eigenvalue weighted by Crippen LogP contribution is 2.07. The molecule has 1 aromatic rings. The maximum Gasteiger partial charge on any atom is 0.347 e. The molecule has 1 amide bonds. The summed E-state index contributed by atoms with van der Waals surface area (Å²) in [5.41, 5.74) is -0.270. The minimum atomic E-state index is -0.270. The quantitative estimate of drug-likeness (QED) is 0.690. The number of nitrogens with zero attached hydrogens (tertiary/aromatic N) is 2. The monoisotopic (exact) mass is 193 g/mol. The summed E-state index contributed by atoms with van der Waals surface area (Å²) in [6.07, 6.45) is 4.49. The van der Waals surface area contributed by atoms with E-state index in [9.17, 15) is 9.59 Å². The van der Waals surface area contributed by atoms with Crippen molar-refractivity contribution in [3.63, 3.8) is 0 Å². The highest BCUT2D eigenvalue weighted by molar-refractivity contribution is 5.78. The molecule has 14 heavy (non-hydrogen) atoms. The zero-order chi connectivity index (χ0) is 9.97. The highest BCUT2D eigenvalue weighted by atomic mass is 16.2. The number of rotatable bonds is 2. The SMILES string of the molecule is O=C1CCC(Cn2cccnc2=O)N1. The van der Waals surface area contributed by atoms with Gasteiger partial charge in [0.2, 0.25) is 5.91 Å². The van der Waals surface area contributed by atoms with Crippen molar-refractivity contribution in [2.75, 3.05) is 0 Å². The molecule has 74 valence electrons. The van der Waals surface area contributed by atoms with Crippen LogP contribution in [0.1, 0.15) is 12.8 Å². The van der Waals surface area contributed by atoms with Gasteiger partial charge in [-0.3, -0.25) is 9.36 Å². The lowest BCUT2D eigenvalue weighted by molar-refractivity contribution is -0.119. The molecule has 1 unspecified atom stereocenters. The number of carbonyl (C=O) groups excluding carboxylic acids is 1. The maximum absolute atomic E-state index is 11.2. The zero-order valence-electron chi connectivity index (χ0n) is 7.64. The molecule has 2 heterocycles. The van der Waals surface area contributed by atoms with E-state index in [1.54, 1.807) is 12.3 Å². The molecule has 1 aliphatic heterocycles. The van der Waals surface area contributed by atoms with Gasteiger partial charge in [-0.1, -0.05) is 0 Å². The Morgan fingerprint density at radius 3 is 3.07 bits per heavy atom. The molecule has 1 aromatic heterocycles. The van der Waals surface area contributed by atoms with E-state index < -0.39 is 0 Å². The van der Waals surface area contributed by atoms with Crippen LogP contribution in [-0.2, 0) is 11.3 Å². The summed E-state index contributed by atoms with van der Waals surface area (Å²) in [5.74, 6) is 0.0620. The third kappa shape index (κ3) is 1.81. The van der Waals surface area contributed by atoms with E-state index in [2.05, 4.69) is 10.3 Å². The van der Waals surface area contributed by atoms with Crippen molar-refractivity contribution in [2.45, 2.75) is 25.4 Å². The lowest BCUT2D eigenvalue weighted by atomic mass is 10.2. The van der Waals surface area contributed by atoms with Gasteiger partial charge in [0.25, 0.3) is 0 Å². The fraction of sp³-hybridized carbons (Fsp3) is 0.444. The van der Waals surface area contributed by atoms with Crippen LogP contribution < -0.4 is 11.0 Å². The first kappa shape index (κ1) is 8.93. The lowest BCUT2D eigenvalue weighted by Gasteiger charge is -2.10. The van der Waals surface area contributed by atoms with Crippen molar-refractivity contribution < 1.29 is 4.79 Å². The molecule has 1 N–H and O–H groups in total. The molecule has 1 fully saturated rings. The molecular formula is C9H11N3O2. The van der Waals surface area contributed by atoms with Crippen LogP contribution in [0.25, 0.3) is 0 Å². The number of hydrogen-bond acceptors (Lipinski definition) is 3. The van der Waals surface area contributed by atoms with E-state index in [-0.39, 0.29) is 17.6 Å². The van der Waals surface area contributed by atoms with Gasteiger partial charge in [0, 0.05) is 31.4 Å². The average molecular weight is 193 g/mol. The van der Waals surface area contributed by atoms with E-state index in [4.69, 9.17) is 0 Å². The molecular weight excluding hydrogens is 182 g/mol. The van der Waals surface area contributed by atoms with Crippen molar-refractivity contribution in [1.29, 1.82) is 0 Å². The molecule has 5 heteroatoms. The predicted molar refractivity (Wildman–Crippen MR) is 49.7 cm³/mol. The van der Waals surface area contributed by atoms with Gasteiger partial charge in [-0.15, -0.1) is 0 Å². The standard InChI is InChI=1S/C9H11N3O2/c13-8-3-2-7(11-8)6-12-5-1-4-10-9(12)14/h1,4-5,7H,2-3,6H2,(H,11,13). The first-order chi connectivity index (χ1) is 6.75. The summed E-state index contributed by atoms with van der Waals surface area (Å²) in [6, 6.07) is 1.78. The minimum absolute atomic E-state index is 0.0620. The van der Waals surface area contributed by atoms with E-state index >= 15 is 0 Å². The van der Waals surface area contributed by atoms with Gasteiger partial charge in [-0.05, 0) is 12.5 Å². The Morgan fingerprint density at radius 1 is 1.57 bits per heavy atom. The molecule has 1 aliphatic rings. The first-order valence-corrected chi connectivity index (χ1v) is 4.56. The van der Waals surface area contributed by atoms with Crippen molar-refractivity contribution in [3.8, 4) is 0 Å². The molecule has 0 bridgehead atoms. The fourth-order valence-corrected chi connectivity index (χ4v) is 1.58. The largest absolute Gasteiger partial charge is 0.352 e. The van der Waals surface area contributed by atoms with E-state index in [0.717, 1.165) is 6.42 Å². The van der Waals surface area contributed by atoms with Gasteiger partial charge in [-0.2, -0.15) is 0 Å². The summed E-state index contributed by atoms with van der Waals surface area (Å²) < 4.78 is 1.51. The van der Waals surface area contributed by atoms with Gasteiger partial charge < -0.3 is 5.32 Å². The minimum Gasteiger partial charge on any atom is -0.352 e. The highest BCUT2D eigenvalue weighted by Gasteiger charge is 2.20. The second-order valence-corrected chi connectivity index (χ2v) is 3.36. The number of nitrogens with one attached hydrogen (secondary N) is 1. The molecule has 5 nitrogen and oxygen atoms in total. The van der Waals surface area contributed by atoms with Gasteiger partial charge in [0.05, 0.1) is 0 Å². The van der Waals surface area contributed by atoms with Crippen LogP contribution >= 0.6 is 0 Å². The summed E-state index contributed by atoms with van der Waals surface area (Å²) in [5, 5.41) is 2.80. The van der Waals surface area contributed by atoms with Gasteiger partial charge in [0.15, 0.2) is 0 Å². The van der Waals surface area contributed by atoms with Crippen LogP contribution in [0.15, 0.2) is 23.3 Å². The van der Waals surface area contributed by atoms with Crippen LogP contribution in [0.3, 0.4) is 0 Å². The third-order valence-electron chi connectivity index (χ3n) is 2.28. The Bertz CT molecular complexity index is 399. The second kappa shape index (κ2) is 3.61. The van der Waals surface area contributed by atoms with E-state index in [0.29, 0.717) is 13.0 Å². The Kier molecular flexibility index (Phi) is 2.30. The summed E-state index contributed by atoms with van der Waals surface area (Å²) in [6.45, 7) is 0.512. The number of amides is 1. The molecule has 0 radical (unpaired) electrons. The smallest absolute Gasteiger partial charge is 0.347 e. The number of aromatic nitrogens is 2. The van der Waals surface area contributed by atoms with E-state index in [1.807, 2.05) is 0 Å². The Labute approximate surface area is 80.8 Å². The van der Waals surface area contributed by atoms with Crippen LogP contribution in [-0.4, -0.2) is 21.5 Å². The van der Waals surface area contributed by atoms with Crippen molar-refractivity contribution in [1.82, 2.24) is 14.9 Å². The van der Waals surface area contributed by atoms with Crippen molar-refractivity contribution in [3.05, 3.63) is 28.9 Å². The zero-order valence-corrected chi connectivity index (χ0v) is 7.64. The van der Waals surface area contributed by atoms with Gasteiger partial charge >= 0.3 is 5.69 Å². The molecule has 1 saturated heterocycles. The van der Waals surface area contributed by atoms with Crippen LogP contribution in [0.4, 0.5) is 0 Å². The first-order valence-electron chi connectivity index (χ1n) is 4.56. The van der Waals surface area contributed by atoms with E-state index in [1.165, 1.54) is 10.8 Å². The van der Waals surface area contributed by atoms with Crippen LogP contribution in [0.5, 0.6) is 0 Å². The number of carbonyl (C=O) groups is 1. The Hall–Kier alpha value is -1.65. The Balaban J connectivity index is 2.08. The molecule has 2 rings (SSSR count). The predicted octanol–water partition coefficient (Wildman–Crippen LogP) is -0.478. The van der Waals surface area contributed by atoms with Crippen molar-refractivity contribution >= 4 is 5.91 Å². The molecule has 0 saturated carbocycles. The molecule has 0 aliphatic carbocycles. The molecule has 0 aromatic carbocycles. The normalized spacial score (nSPS) is 20.9. The summed E-state index contributed by atoms with van der Waals surface area (Å²) in [7, 11) is 0. The topological polar surface area (TPSA) is 64.0 Å².